The van der Waals surface area contributed by atoms with E-state index in [1.54, 1.807) is 6.20 Å². The number of carbonyl (C=O) groups excluding carboxylic acids is 2. The summed E-state index contributed by atoms with van der Waals surface area (Å²) in [4.78, 5) is 23.5. The summed E-state index contributed by atoms with van der Waals surface area (Å²) in [7, 11) is 0. The average Bonchev–Trinajstić information content (AvgIpc) is 3.32. The maximum atomic E-state index is 11.9. The minimum absolute atomic E-state index is 0.0269. The first-order valence-electron chi connectivity index (χ1n) is 7.82. The third-order valence-corrected chi connectivity index (χ3v) is 4.22. The molecule has 1 aliphatic rings. The van der Waals surface area contributed by atoms with Crippen molar-refractivity contribution in [2.75, 3.05) is 11.9 Å². The van der Waals surface area contributed by atoms with Crippen LogP contribution in [0.15, 0.2) is 34.9 Å². The quantitative estimate of drug-likeness (QED) is 0.752. The van der Waals surface area contributed by atoms with Crippen LogP contribution < -0.4 is 10.6 Å². The van der Waals surface area contributed by atoms with Gasteiger partial charge in [0.2, 0.25) is 11.8 Å². The normalized spacial score (nSPS) is 13.5. The molecule has 2 amide bonds. The van der Waals surface area contributed by atoms with Gasteiger partial charge in [0.05, 0.1) is 6.20 Å². The lowest BCUT2D eigenvalue weighted by atomic mass is 10.1. The second kappa shape index (κ2) is 7.57. The predicted octanol–water partition coefficient (Wildman–Crippen LogP) is 1.75. The van der Waals surface area contributed by atoms with Gasteiger partial charge in [0.15, 0.2) is 5.82 Å². The summed E-state index contributed by atoms with van der Waals surface area (Å²) in [5.41, 5.74) is 1.16. The first-order valence-corrected chi connectivity index (χ1v) is 8.61. The molecule has 1 saturated carbocycles. The third kappa shape index (κ3) is 4.89. The van der Waals surface area contributed by atoms with Crippen molar-refractivity contribution in [2.24, 2.45) is 5.92 Å². The molecule has 0 unspecified atom stereocenters. The third-order valence-electron chi connectivity index (χ3n) is 3.69. The summed E-state index contributed by atoms with van der Waals surface area (Å²) in [6.07, 6.45) is 4.19. The van der Waals surface area contributed by atoms with Gasteiger partial charge in [0, 0.05) is 16.9 Å². The van der Waals surface area contributed by atoms with Crippen LogP contribution in [-0.2, 0) is 22.6 Å². The van der Waals surface area contributed by atoms with E-state index in [2.05, 4.69) is 36.9 Å². The standard InChI is InChI=1S/C16H18BrN5O2/c17-13-5-1-11(2-6-13)7-8-18-15(23)10-22-9-14(20-21-22)19-16(24)12-3-4-12/h1-2,5-6,9,12H,3-4,7-8,10H2,(H,18,23)(H,19,24). The summed E-state index contributed by atoms with van der Waals surface area (Å²) in [6, 6.07) is 7.99. The number of amides is 2. The van der Waals surface area contributed by atoms with E-state index >= 15 is 0 Å². The highest BCUT2D eigenvalue weighted by molar-refractivity contribution is 9.10. The van der Waals surface area contributed by atoms with Gasteiger partial charge in [-0.3, -0.25) is 9.59 Å². The number of halogens is 1. The molecule has 1 fully saturated rings. The summed E-state index contributed by atoms with van der Waals surface area (Å²) in [6.45, 7) is 0.632. The van der Waals surface area contributed by atoms with Crippen LogP contribution in [0.25, 0.3) is 0 Å². The van der Waals surface area contributed by atoms with E-state index in [-0.39, 0.29) is 24.3 Å². The molecule has 1 aromatic heterocycles. The number of anilines is 1. The molecule has 0 bridgehead atoms. The lowest BCUT2D eigenvalue weighted by Gasteiger charge is -2.05. The van der Waals surface area contributed by atoms with Crippen molar-refractivity contribution in [1.29, 1.82) is 0 Å². The highest BCUT2D eigenvalue weighted by atomic mass is 79.9. The molecule has 0 atom stereocenters. The molecule has 0 radical (unpaired) electrons. The van der Waals surface area contributed by atoms with Gasteiger partial charge in [0.1, 0.15) is 6.54 Å². The van der Waals surface area contributed by atoms with Crippen LogP contribution in [0.4, 0.5) is 5.82 Å². The number of benzene rings is 1. The fourth-order valence-corrected chi connectivity index (χ4v) is 2.47. The zero-order valence-corrected chi connectivity index (χ0v) is 14.6. The second-order valence-electron chi connectivity index (χ2n) is 5.79. The summed E-state index contributed by atoms with van der Waals surface area (Å²) < 4.78 is 2.45. The zero-order chi connectivity index (χ0) is 16.9. The molecule has 0 spiro atoms. The Bertz CT molecular complexity index is 724. The zero-order valence-electron chi connectivity index (χ0n) is 13.0. The number of nitrogens with one attached hydrogen (secondary N) is 2. The van der Waals surface area contributed by atoms with Crippen molar-refractivity contribution >= 4 is 33.6 Å². The molecule has 1 heterocycles. The lowest BCUT2D eigenvalue weighted by Crippen LogP contribution is -2.29. The van der Waals surface area contributed by atoms with Gasteiger partial charge < -0.3 is 10.6 Å². The summed E-state index contributed by atoms with van der Waals surface area (Å²) in [5, 5.41) is 13.2. The van der Waals surface area contributed by atoms with Crippen LogP contribution in [0.3, 0.4) is 0 Å². The number of aromatic nitrogens is 3. The molecule has 8 heteroatoms. The van der Waals surface area contributed by atoms with Gasteiger partial charge in [-0.05, 0) is 37.0 Å². The minimum atomic E-state index is -0.142. The van der Waals surface area contributed by atoms with Crippen molar-refractivity contribution in [3.8, 4) is 0 Å². The van der Waals surface area contributed by atoms with E-state index in [0.29, 0.717) is 12.4 Å². The Morgan fingerprint density at radius 3 is 2.71 bits per heavy atom. The van der Waals surface area contributed by atoms with Gasteiger partial charge in [0.25, 0.3) is 0 Å². The van der Waals surface area contributed by atoms with E-state index in [1.165, 1.54) is 4.68 Å². The molecule has 0 aliphatic heterocycles. The number of carbonyl (C=O) groups is 2. The van der Waals surface area contributed by atoms with Crippen LogP contribution in [0, 0.1) is 5.92 Å². The van der Waals surface area contributed by atoms with Gasteiger partial charge in [-0.25, -0.2) is 4.68 Å². The van der Waals surface area contributed by atoms with E-state index < -0.39 is 0 Å². The highest BCUT2D eigenvalue weighted by Gasteiger charge is 2.30. The van der Waals surface area contributed by atoms with Crippen LogP contribution in [0.5, 0.6) is 0 Å². The van der Waals surface area contributed by atoms with Crippen molar-refractivity contribution in [3.05, 3.63) is 40.5 Å². The lowest BCUT2D eigenvalue weighted by molar-refractivity contribution is -0.121. The van der Waals surface area contributed by atoms with Gasteiger partial charge in [-0.15, -0.1) is 5.10 Å². The van der Waals surface area contributed by atoms with E-state index in [0.717, 1.165) is 29.3 Å². The average molecular weight is 392 g/mol. The fraction of sp³-hybridized carbons (Fsp3) is 0.375. The Labute approximate surface area is 147 Å². The Balaban J connectivity index is 1.40. The molecule has 3 rings (SSSR count). The maximum absolute atomic E-state index is 11.9. The van der Waals surface area contributed by atoms with Crippen molar-refractivity contribution in [2.45, 2.75) is 25.8 Å². The first-order chi connectivity index (χ1) is 11.6. The topological polar surface area (TPSA) is 88.9 Å². The molecule has 2 N–H and O–H groups in total. The fourth-order valence-electron chi connectivity index (χ4n) is 2.21. The predicted molar refractivity (Wildman–Crippen MR) is 92.2 cm³/mol. The van der Waals surface area contributed by atoms with Crippen LogP contribution in [0.2, 0.25) is 0 Å². The van der Waals surface area contributed by atoms with E-state index in [9.17, 15) is 9.59 Å². The monoisotopic (exact) mass is 391 g/mol. The maximum Gasteiger partial charge on any atom is 0.241 e. The molecule has 1 aliphatic carbocycles. The molecule has 1 aromatic carbocycles. The van der Waals surface area contributed by atoms with Crippen molar-refractivity contribution in [1.82, 2.24) is 20.3 Å². The van der Waals surface area contributed by atoms with Gasteiger partial charge >= 0.3 is 0 Å². The van der Waals surface area contributed by atoms with Crippen LogP contribution in [-0.4, -0.2) is 33.4 Å². The molecule has 24 heavy (non-hydrogen) atoms. The van der Waals surface area contributed by atoms with Crippen molar-refractivity contribution in [3.63, 3.8) is 0 Å². The Hall–Kier alpha value is -2.22. The smallest absolute Gasteiger partial charge is 0.241 e. The number of rotatable bonds is 7. The number of hydrogen-bond donors (Lipinski definition) is 2. The molecule has 0 saturated heterocycles. The summed E-state index contributed by atoms with van der Waals surface area (Å²) in [5.74, 6) is 0.324. The van der Waals surface area contributed by atoms with Crippen LogP contribution >= 0.6 is 15.9 Å². The van der Waals surface area contributed by atoms with Crippen molar-refractivity contribution < 1.29 is 9.59 Å². The Morgan fingerprint density at radius 2 is 2.00 bits per heavy atom. The molecular formula is C16H18BrN5O2. The van der Waals surface area contributed by atoms with Gasteiger partial charge in [-0.2, -0.15) is 0 Å². The number of nitrogens with zero attached hydrogens (tertiary/aromatic N) is 3. The van der Waals surface area contributed by atoms with Crippen LogP contribution in [0.1, 0.15) is 18.4 Å². The minimum Gasteiger partial charge on any atom is -0.354 e. The van der Waals surface area contributed by atoms with Gasteiger partial charge in [-0.1, -0.05) is 33.3 Å². The Morgan fingerprint density at radius 1 is 1.25 bits per heavy atom. The SMILES string of the molecule is O=C(Cn1cc(NC(=O)C2CC2)nn1)NCCc1ccc(Br)cc1. The van der Waals surface area contributed by atoms with E-state index in [1.807, 2.05) is 24.3 Å². The molecule has 2 aromatic rings. The largest absolute Gasteiger partial charge is 0.354 e. The summed E-state index contributed by atoms with van der Waals surface area (Å²) >= 11 is 3.39. The molecular weight excluding hydrogens is 374 g/mol. The Kier molecular flexibility index (Phi) is 5.24. The van der Waals surface area contributed by atoms with E-state index in [4.69, 9.17) is 0 Å². The highest BCUT2D eigenvalue weighted by Crippen LogP contribution is 2.29. The molecule has 7 nitrogen and oxygen atoms in total. The second-order valence-corrected chi connectivity index (χ2v) is 6.71. The molecule has 126 valence electrons. The number of hydrogen-bond acceptors (Lipinski definition) is 4. The first kappa shape index (κ1) is 16.6.